The van der Waals surface area contributed by atoms with Gasteiger partial charge in [0.1, 0.15) is 11.5 Å². The average molecular weight is 486 g/mol. The van der Waals surface area contributed by atoms with Crippen LogP contribution in [0.25, 0.3) is 11.3 Å². The second-order valence-corrected chi connectivity index (χ2v) is 8.12. The zero-order chi connectivity index (χ0) is 25.1. The Hall–Kier alpha value is -3.86. The topological polar surface area (TPSA) is 119 Å². The van der Waals surface area contributed by atoms with Gasteiger partial charge in [-0.25, -0.2) is 18.2 Å². The molecule has 0 bridgehead atoms. The molecule has 35 heavy (non-hydrogen) atoms. The molecule has 184 valence electrons. The lowest BCUT2D eigenvalue weighted by atomic mass is 10.1. The van der Waals surface area contributed by atoms with E-state index < -0.39 is 40.3 Å². The number of pyridine rings is 2. The number of aromatic nitrogens is 2. The molecule has 1 unspecified atom stereocenters. The SMILES string of the molecule is CCOc1ccc(F)c(-c2nc(C(=O)Nc3cnccc3N3CCCC(N)C3)c(N)cc2F)c1F. The molecular formula is C24H25F3N6O2. The highest BCUT2D eigenvalue weighted by molar-refractivity contribution is 6.08. The van der Waals surface area contributed by atoms with Gasteiger partial charge in [-0.15, -0.1) is 0 Å². The van der Waals surface area contributed by atoms with E-state index in [0.717, 1.165) is 37.6 Å². The molecule has 11 heteroatoms. The van der Waals surface area contributed by atoms with Crippen LogP contribution >= 0.6 is 0 Å². The van der Waals surface area contributed by atoms with Crippen LogP contribution in [0.1, 0.15) is 30.3 Å². The van der Waals surface area contributed by atoms with Crippen molar-refractivity contribution < 1.29 is 22.7 Å². The largest absolute Gasteiger partial charge is 0.491 e. The lowest BCUT2D eigenvalue weighted by molar-refractivity contribution is 0.102. The number of benzene rings is 1. The molecule has 3 aromatic rings. The molecule has 5 N–H and O–H groups in total. The Morgan fingerprint density at radius 1 is 1.26 bits per heavy atom. The van der Waals surface area contributed by atoms with E-state index in [1.54, 1.807) is 19.2 Å². The van der Waals surface area contributed by atoms with E-state index in [2.05, 4.69) is 15.3 Å². The molecule has 2 aromatic heterocycles. The summed E-state index contributed by atoms with van der Waals surface area (Å²) in [5.74, 6) is -4.35. The first-order valence-corrected chi connectivity index (χ1v) is 11.1. The number of nitrogens with zero attached hydrogens (tertiary/aromatic N) is 3. The normalized spacial score (nSPS) is 15.7. The summed E-state index contributed by atoms with van der Waals surface area (Å²) in [6.45, 7) is 3.08. The second kappa shape index (κ2) is 10.2. The number of rotatable bonds is 6. The van der Waals surface area contributed by atoms with Crippen molar-refractivity contribution in [3.63, 3.8) is 0 Å². The van der Waals surface area contributed by atoms with E-state index in [1.807, 2.05) is 4.90 Å². The van der Waals surface area contributed by atoms with Gasteiger partial charge in [0.2, 0.25) is 0 Å². The fraction of sp³-hybridized carbons (Fsp3) is 0.292. The number of amides is 1. The minimum Gasteiger partial charge on any atom is -0.491 e. The molecule has 0 radical (unpaired) electrons. The molecule has 0 aliphatic carbocycles. The number of hydrogen-bond acceptors (Lipinski definition) is 7. The van der Waals surface area contributed by atoms with Gasteiger partial charge in [-0.05, 0) is 38.0 Å². The van der Waals surface area contributed by atoms with Crippen molar-refractivity contribution in [1.82, 2.24) is 9.97 Å². The van der Waals surface area contributed by atoms with Crippen molar-refractivity contribution in [3.05, 3.63) is 59.8 Å². The predicted octanol–water partition coefficient (Wildman–Crippen LogP) is 3.72. The Morgan fingerprint density at radius 3 is 2.80 bits per heavy atom. The van der Waals surface area contributed by atoms with E-state index in [9.17, 15) is 18.0 Å². The predicted molar refractivity (Wildman–Crippen MR) is 127 cm³/mol. The van der Waals surface area contributed by atoms with Crippen molar-refractivity contribution in [1.29, 1.82) is 0 Å². The Balaban J connectivity index is 1.70. The minimum absolute atomic E-state index is 0.00493. The average Bonchev–Trinajstić information content (AvgIpc) is 2.82. The summed E-state index contributed by atoms with van der Waals surface area (Å²) in [5, 5.41) is 2.68. The summed E-state index contributed by atoms with van der Waals surface area (Å²) >= 11 is 0. The summed E-state index contributed by atoms with van der Waals surface area (Å²) in [6.07, 6.45) is 4.84. The number of piperidine rings is 1. The molecule has 3 heterocycles. The summed E-state index contributed by atoms with van der Waals surface area (Å²) in [5.41, 5.74) is 10.9. The van der Waals surface area contributed by atoms with Gasteiger partial charge in [0, 0.05) is 31.4 Å². The van der Waals surface area contributed by atoms with Crippen molar-refractivity contribution >= 4 is 23.0 Å². The van der Waals surface area contributed by atoms with Gasteiger partial charge >= 0.3 is 0 Å². The van der Waals surface area contributed by atoms with Crippen molar-refractivity contribution in [2.45, 2.75) is 25.8 Å². The number of carbonyl (C=O) groups is 1. The van der Waals surface area contributed by atoms with E-state index in [4.69, 9.17) is 16.2 Å². The monoisotopic (exact) mass is 486 g/mol. The third-order valence-electron chi connectivity index (χ3n) is 5.66. The Morgan fingerprint density at radius 2 is 2.06 bits per heavy atom. The molecule has 0 spiro atoms. The highest BCUT2D eigenvalue weighted by Crippen LogP contribution is 2.34. The Kier molecular flexibility index (Phi) is 7.06. The van der Waals surface area contributed by atoms with Crippen molar-refractivity contribution in [2.24, 2.45) is 5.73 Å². The zero-order valence-corrected chi connectivity index (χ0v) is 19.0. The highest BCUT2D eigenvalue weighted by Gasteiger charge is 2.25. The number of halogens is 3. The molecule has 1 amide bonds. The summed E-state index contributed by atoms with van der Waals surface area (Å²) in [4.78, 5) is 23.1. The van der Waals surface area contributed by atoms with Gasteiger partial charge < -0.3 is 26.4 Å². The maximum absolute atomic E-state index is 14.9. The summed E-state index contributed by atoms with van der Waals surface area (Å²) < 4.78 is 49.4. The summed E-state index contributed by atoms with van der Waals surface area (Å²) in [7, 11) is 0. The number of nitrogens with one attached hydrogen (secondary N) is 1. The first-order chi connectivity index (χ1) is 16.8. The zero-order valence-electron chi connectivity index (χ0n) is 19.0. The number of ether oxygens (including phenoxy) is 1. The van der Waals surface area contributed by atoms with Crippen LogP contribution in [0.4, 0.5) is 30.2 Å². The lowest BCUT2D eigenvalue weighted by Crippen LogP contribution is -2.43. The van der Waals surface area contributed by atoms with E-state index in [-0.39, 0.29) is 24.1 Å². The third kappa shape index (κ3) is 4.99. The standard InChI is InChI=1S/C24H25F3N6O2/c1-2-35-19-6-5-14(25)20(21(19)27)22-15(26)10-16(29)23(32-22)24(34)31-17-11-30-8-7-18(17)33-9-3-4-13(28)12-33/h5-8,10-11,13H,2-4,9,12,28-29H2,1H3,(H,31,34). The molecule has 1 aliphatic heterocycles. The highest BCUT2D eigenvalue weighted by atomic mass is 19.1. The van der Waals surface area contributed by atoms with Crippen LogP contribution in [-0.4, -0.2) is 41.6 Å². The van der Waals surface area contributed by atoms with Gasteiger partial charge in [-0.3, -0.25) is 9.78 Å². The van der Waals surface area contributed by atoms with E-state index in [0.29, 0.717) is 17.9 Å². The number of nitrogens with two attached hydrogens (primary N) is 2. The molecule has 8 nitrogen and oxygen atoms in total. The molecule has 1 atom stereocenters. The van der Waals surface area contributed by atoms with Crippen LogP contribution in [0.5, 0.6) is 5.75 Å². The van der Waals surface area contributed by atoms with Gasteiger partial charge in [-0.2, -0.15) is 0 Å². The molecule has 1 aliphatic rings. The number of nitrogen functional groups attached to an aromatic ring is 1. The van der Waals surface area contributed by atoms with Gasteiger partial charge in [0.15, 0.2) is 23.1 Å². The van der Waals surface area contributed by atoms with E-state index in [1.165, 1.54) is 6.20 Å². The quantitative estimate of drug-likeness (QED) is 0.486. The van der Waals surface area contributed by atoms with Crippen LogP contribution in [0.15, 0.2) is 36.7 Å². The molecule has 1 fully saturated rings. The van der Waals surface area contributed by atoms with Crippen LogP contribution in [0.3, 0.4) is 0 Å². The van der Waals surface area contributed by atoms with Gasteiger partial charge in [-0.1, -0.05) is 0 Å². The molecule has 4 rings (SSSR count). The second-order valence-electron chi connectivity index (χ2n) is 8.12. The lowest BCUT2D eigenvalue weighted by Gasteiger charge is -2.33. The first kappa shape index (κ1) is 24.3. The van der Waals surface area contributed by atoms with Crippen LogP contribution < -0.4 is 26.4 Å². The first-order valence-electron chi connectivity index (χ1n) is 11.1. The molecule has 1 aromatic carbocycles. The Labute approximate surface area is 200 Å². The number of carbonyl (C=O) groups excluding carboxylic acids is 1. The molecular weight excluding hydrogens is 461 g/mol. The molecule has 0 saturated carbocycles. The minimum atomic E-state index is -1.13. The van der Waals surface area contributed by atoms with Crippen LogP contribution in [0.2, 0.25) is 0 Å². The maximum Gasteiger partial charge on any atom is 0.276 e. The van der Waals surface area contributed by atoms with Crippen LogP contribution in [0, 0.1) is 17.5 Å². The van der Waals surface area contributed by atoms with Gasteiger partial charge in [0.05, 0.1) is 35.4 Å². The Bertz CT molecular complexity index is 1260. The smallest absolute Gasteiger partial charge is 0.276 e. The van der Waals surface area contributed by atoms with Crippen LogP contribution in [-0.2, 0) is 0 Å². The molecule has 1 saturated heterocycles. The fourth-order valence-electron chi connectivity index (χ4n) is 4.05. The van der Waals surface area contributed by atoms with Gasteiger partial charge in [0.25, 0.3) is 5.91 Å². The maximum atomic E-state index is 14.9. The fourth-order valence-corrected chi connectivity index (χ4v) is 4.05. The van der Waals surface area contributed by atoms with Crippen molar-refractivity contribution in [2.75, 3.05) is 35.6 Å². The summed E-state index contributed by atoms with van der Waals surface area (Å²) in [6, 6.07) is 4.57. The van der Waals surface area contributed by atoms with E-state index >= 15 is 0 Å². The van der Waals surface area contributed by atoms with Crippen molar-refractivity contribution in [3.8, 4) is 17.0 Å². The number of hydrogen-bond donors (Lipinski definition) is 3. The third-order valence-corrected chi connectivity index (χ3v) is 5.66. The number of anilines is 3.